The van der Waals surface area contributed by atoms with Gasteiger partial charge in [0.05, 0.1) is 0 Å². The summed E-state index contributed by atoms with van der Waals surface area (Å²) in [7, 11) is 0. The second kappa shape index (κ2) is 7.12. The summed E-state index contributed by atoms with van der Waals surface area (Å²) in [6, 6.07) is 2.87. The van der Waals surface area contributed by atoms with E-state index in [1.54, 1.807) is 6.07 Å². The number of nitrogens with one attached hydrogen (secondary N) is 2. The summed E-state index contributed by atoms with van der Waals surface area (Å²) in [5.41, 5.74) is 0.118. The van der Waals surface area contributed by atoms with Crippen LogP contribution in [0.3, 0.4) is 0 Å². The molecule has 0 aliphatic carbocycles. The van der Waals surface area contributed by atoms with E-state index in [-0.39, 0.29) is 11.5 Å². The highest BCUT2D eigenvalue weighted by atomic mass is 35.5. The lowest BCUT2D eigenvalue weighted by Crippen LogP contribution is -2.26. The van der Waals surface area contributed by atoms with E-state index in [2.05, 4.69) is 17.2 Å². The van der Waals surface area contributed by atoms with E-state index >= 15 is 0 Å². The van der Waals surface area contributed by atoms with Crippen LogP contribution in [0.4, 0.5) is 0 Å². The Kier molecular flexibility index (Phi) is 5.77. The molecule has 1 aromatic rings. The number of hydrogen-bond donors (Lipinski definition) is 2. The zero-order valence-corrected chi connectivity index (χ0v) is 10.6. The van der Waals surface area contributed by atoms with Gasteiger partial charge in [-0.25, -0.2) is 0 Å². The number of alkyl halides is 1. The van der Waals surface area contributed by atoms with E-state index in [1.807, 2.05) is 0 Å². The molecule has 2 N–H and O–H groups in total. The molecule has 94 valence electrons. The zero-order valence-electron chi connectivity index (χ0n) is 9.83. The molecule has 17 heavy (non-hydrogen) atoms. The number of hydrogen-bond acceptors (Lipinski definition) is 2. The van der Waals surface area contributed by atoms with Crippen molar-refractivity contribution in [2.45, 2.75) is 19.8 Å². The monoisotopic (exact) mass is 256 g/mol. The molecule has 0 bridgehead atoms. The molecule has 1 heterocycles. The first-order chi connectivity index (χ1) is 8.13. The summed E-state index contributed by atoms with van der Waals surface area (Å²) in [5, 5.41) is 2.77. The van der Waals surface area contributed by atoms with Crippen LogP contribution in [-0.4, -0.2) is 23.3 Å². The SMILES string of the molecule is CC(CCl)CCCNC(=O)c1cc[nH]c(=O)c1. The van der Waals surface area contributed by atoms with Gasteiger partial charge in [0.1, 0.15) is 0 Å². The summed E-state index contributed by atoms with van der Waals surface area (Å²) in [4.78, 5) is 25.1. The third-order valence-corrected chi connectivity index (χ3v) is 2.99. The summed E-state index contributed by atoms with van der Waals surface area (Å²) in [5.74, 6) is 0.893. The first kappa shape index (κ1) is 13.8. The molecule has 1 rings (SSSR count). The molecule has 0 saturated carbocycles. The number of carbonyl (C=O) groups is 1. The van der Waals surface area contributed by atoms with Gasteiger partial charge < -0.3 is 10.3 Å². The fourth-order valence-corrected chi connectivity index (χ4v) is 1.57. The molecule has 5 heteroatoms. The third-order valence-electron chi connectivity index (χ3n) is 2.46. The van der Waals surface area contributed by atoms with Gasteiger partial charge in [0.25, 0.3) is 5.91 Å². The average Bonchev–Trinajstić information content (AvgIpc) is 2.34. The lowest BCUT2D eigenvalue weighted by molar-refractivity contribution is 0.0952. The lowest BCUT2D eigenvalue weighted by atomic mass is 10.1. The molecule has 0 aliphatic rings. The van der Waals surface area contributed by atoms with Crippen LogP contribution in [0.2, 0.25) is 0 Å². The standard InChI is InChI=1S/C12H17ClN2O2/c1-9(8-13)3-2-5-15-12(17)10-4-6-14-11(16)7-10/h4,6-7,9H,2-3,5,8H2,1H3,(H,14,16)(H,15,17). The predicted octanol–water partition coefficient (Wildman–Crippen LogP) is 1.76. The third kappa shape index (κ3) is 5.04. The van der Waals surface area contributed by atoms with Gasteiger partial charge in [0.15, 0.2) is 0 Å². The van der Waals surface area contributed by atoms with Crippen LogP contribution in [0, 0.1) is 5.92 Å². The summed E-state index contributed by atoms with van der Waals surface area (Å²) < 4.78 is 0. The fraction of sp³-hybridized carbons (Fsp3) is 0.500. The molecule has 0 aromatic carbocycles. The Bertz CT molecular complexity index is 417. The lowest BCUT2D eigenvalue weighted by Gasteiger charge is -2.08. The van der Waals surface area contributed by atoms with Crippen molar-refractivity contribution in [2.24, 2.45) is 5.92 Å². The summed E-state index contributed by atoms with van der Waals surface area (Å²) >= 11 is 5.68. The number of pyridine rings is 1. The van der Waals surface area contributed by atoms with Crippen molar-refractivity contribution >= 4 is 17.5 Å². The first-order valence-corrected chi connectivity index (χ1v) is 6.20. The molecule has 1 aromatic heterocycles. The van der Waals surface area contributed by atoms with Crippen LogP contribution in [-0.2, 0) is 0 Å². The quantitative estimate of drug-likeness (QED) is 0.602. The van der Waals surface area contributed by atoms with Gasteiger partial charge in [-0.2, -0.15) is 0 Å². The molecular weight excluding hydrogens is 240 g/mol. The van der Waals surface area contributed by atoms with Crippen molar-refractivity contribution in [1.82, 2.24) is 10.3 Å². The van der Waals surface area contributed by atoms with Gasteiger partial charge in [0, 0.05) is 30.3 Å². The highest BCUT2D eigenvalue weighted by Gasteiger charge is 2.05. The average molecular weight is 257 g/mol. The molecule has 0 radical (unpaired) electrons. The first-order valence-electron chi connectivity index (χ1n) is 5.66. The van der Waals surface area contributed by atoms with Gasteiger partial charge in [-0.15, -0.1) is 11.6 Å². The maximum atomic E-state index is 11.6. The van der Waals surface area contributed by atoms with Gasteiger partial charge in [0.2, 0.25) is 5.56 Å². The second-order valence-electron chi connectivity index (χ2n) is 4.10. The van der Waals surface area contributed by atoms with Crippen LogP contribution in [0.1, 0.15) is 30.1 Å². The number of aromatic amines is 1. The minimum atomic E-state index is -0.270. The van der Waals surface area contributed by atoms with Crippen LogP contribution >= 0.6 is 11.6 Å². The van der Waals surface area contributed by atoms with Crippen molar-refractivity contribution in [2.75, 3.05) is 12.4 Å². The smallest absolute Gasteiger partial charge is 0.251 e. The van der Waals surface area contributed by atoms with E-state index in [4.69, 9.17) is 11.6 Å². The highest BCUT2D eigenvalue weighted by Crippen LogP contribution is 2.06. The predicted molar refractivity (Wildman–Crippen MR) is 68.5 cm³/mol. The zero-order chi connectivity index (χ0) is 12.7. The van der Waals surface area contributed by atoms with E-state index in [0.717, 1.165) is 12.8 Å². The number of rotatable bonds is 6. The van der Waals surface area contributed by atoms with Gasteiger partial charge in [-0.05, 0) is 24.8 Å². The van der Waals surface area contributed by atoms with Crippen LogP contribution in [0.15, 0.2) is 23.1 Å². The minimum absolute atomic E-state index is 0.213. The van der Waals surface area contributed by atoms with Crippen LogP contribution < -0.4 is 10.9 Å². The molecule has 1 amide bonds. The van der Waals surface area contributed by atoms with Crippen LogP contribution in [0.25, 0.3) is 0 Å². The summed E-state index contributed by atoms with van der Waals surface area (Å²) in [6.07, 6.45) is 3.34. The maximum Gasteiger partial charge on any atom is 0.251 e. The summed E-state index contributed by atoms with van der Waals surface area (Å²) in [6.45, 7) is 2.68. The molecule has 1 atom stereocenters. The number of carbonyl (C=O) groups excluding carboxylic acids is 1. The van der Waals surface area contributed by atoms with Crippen molar-refractivity contribution in [3.63, 3.8) is 0 Å². The second-order valence-corrected chi connectivity index (χ2v) is 4.41. The van der Waals surface area contributed by atoms with Gasteiger partial charge >= 0.3 is 0 Å². The van der Waals surface area contributed by atoms with E-state index < -0.39 is 0 Å². The Morgan fingerprint density at radius 1 is 1.59 bits per heavy atom. The number of aromatic nitrogens is 1. The van der Waals surface area contributed by atoms with Crippen LogP contribution in [0.5, 0.6) is 0 Å². The Morgan fingerprint density at radius 2 is 2.35 bits per heavy atom. The van der Waals surface area contributed by atoms with E-state index in [1.165, 1.54) is 12.3 Å². The largest absolute Gasteiger partial charge is 0.352 e. The maximum absolute atomic E-state index is 11.6. The molecule has 0 saturated heterocycles. The Hall–Kier alpha value is -1.29. The fourth-order valence-electron chi connectivity index (χ4n) is 1.42. The van der Waals surface area contributed by atoms with Crippen molar-refractivity contribution < 1.29 is 4.79 Å². The van der Waals surface area contributed by atoms with Gasteiger partial charge in [-0.3, -0.25) is 9.59 Å². The normalized spacial score (nSPS) is 12.1. The van der Waals surface area contributed by atoms with E-state index in [0.29, 0.717) is 23.9 Å². The number of amides is 1. The highest BCUT2D eigenvalue weighted by molar-refractivity contribution is 6.18. The van der Waals surface area contributed by atoms with Crippen molar-refractivity contribution in [3.05, 3.63) is 34.2 Å². The molecular formula is C12H17ClN2O2. The van der Waals surface area contributed by atoms with Crippen molar-refractivity contribution in [3.8, 4) is 0 Å². The Balaban J connectivity index is 2.33. The van der Waals surface area contributed by atoms with Crippen molar-refractivity contribution in [1.29, 1.82) is 0 Å². The molecule has 0 fully saturated rings. The molecule has 0 aliphatic heterocycles. The molecule has 4 nitrogen and oxygen atoms in total. The molecule has 0 spiro atoms. The molecule has 1 unspecified atom stereocenters. The number of halogens is 1. The number of H-pyrrole nitrogens is 1. The Morgan fingerprint density at radius 3 is 3.00 bits per heavy atom. The Labute approximate surface area is 105 Å². The minimum Gasteiger partial charge on any atom is -0.352 e. The van der Waals surface area contributed by atoms with E-state index in [9.17, 15) is 9.59 Å². The van der Waals surface area contributed by atoms with Gasteiger partial charge in [-0.1, -0.05) is 6.92 Å². The topological polar surface area (TPSA) is 62.0 Å².